The van der Waals surface area contributed by atoms with E-state index in [2.05, 4.69) is 0 Å². The van der Waals surface area contributed by atoms with E-state index in [1.807, 2.05) is 0 Å². The third-order valence-electron chi connectivity index (χ3n) is 1.84. The van der Waals surface area contributed by atoms with Crippen molar-refractivity contribution in [2.75, 3.05) is 14.2 Å². The molecule has 1 saturated heterocycles. The van der Waals surface area contributed by atoms with Gasteiger partial charge < -0.3 is 19.0 Å². The summed E-state index contributed by atoms with van der Waals surface area (Å²) in [6.45, 7) is 0. The molecule has 4 heteroatoms. The van der Waals surface area contributed by atoms with Crippen LogP contribution in [-0.2, 0) is 19.0 Å². The van der Waals surface area contributed by atoms with Gasteiger partial charge in [0, 0.05) is 20.6 Å². The highest BCUT2D eigenvalue weighted by atomic mass is 16.9. The van der Waals surface area contributed by atoms with Crippen LogP contribution in [0.2, 0.25) is 0 Å². The minimum Gasteiger partial charge on any atom is -0.331 e. The highest BCUT2D eigenvalue weighted by molar-refractivity contribution is 5.56. The van der Waals surface area contributed by atoms with Gasteiger partial charge in [-0.3, -0.25) is 0 Å². The number of hydrogen-bond donors (Lipinski definition) is 0. The Hall–Kier alpha value is -0.450. The van der Waals surface area contributed by atoms with Crippen LogP contribution in [0, 0.1) is 0 Å². The summed E-state index contributed by atoms with van der Waals surface area (Å²) in [6.07, 6.45) is 1.64. The van der Waals surface area contributed by atoms with Crippen LogP contribution in [-0.4, -0.2) is 32.6 Å². The van der Waals surface area contributed by atoms with E-state index in [4.69, 9.17) is 14.2 Å². The van der Waals surface area contributed by atoms with Gasteiger partial charge >= 0.3 is 0 Å². The van der Waals surface area contributed by atoms with E-state index in [1.165, 1.54) is 14.2 Å². The lowest BCUT2D eigenvalue weighted by atomic mass is 10.2. The number of hydrogen-bond acceptors (Lipinski definition) is 4. The van der Waals surface area contributed by atoms with Crippen molar-refractivity contribution in [1.29, 1.82) is 0 Å². The topological polar surface area (TPSA) is 44.8 Å². The van der Waals surface area contributed by atoms with Crippen LogP contribution in [0.5, 0.6) is 0 Å². The van der Waals surface area contributed by atoms with Gasteiger partial charge in [-0.25, -0.2) is 0 Å². The fraction of sp³-hybridized carbons (Fsp3) is 0.857. The van der Waals surface area contributed by atoms with Crippen molar-refractivity contribution < 1.29 is 19.0 Å². The van der Waals surface area contributed by atoms with Gasteiger partial charge in [-0.15, -0.1) is 0 Å². The van der Waals surface area contributed by atoms with Gasteiger partial charge in [0.25, 0.3) is 5.97 Å². The number of ether oxygens (including phenoxy) is 3. The number of rotatable bonds is 3. The number of aldehydes is 1. The molecule has 0 aromatic rings. The molecule has 64 valence electrons. The second-order valence-corrected chi connectivity index (χ2v) is 2.42. The average molecular weight is 160 g/mol. The summed E-state index contributed by atoms with van der Waals surface area (Å²) in [7, 11) is 2.99. The molecule has 1 unspecified atom stereocenters. The molecule has 0 aliphatic carbocycles. The largest absolute Gasteiger partial charge is 0.331 e. The van der Waals surface area contributed by atoms with E-state index >= 15 is 0 Å². The number of carbonyl (C=O) groups is 1. The Morgan fingerprint density at radius 3 is 2.45 bits per heavy atom. The molecule has 0 radical (unpaired) electrons. The van der Waals surface area contributed by atoms with Gasteiger partial charge in [0.05, 0.1) is 0 Å². The zero-order valence-electron chi connectivity index (χ0n) is 6.70. The summed E-state index contributed by atoms with van der Waals surface area (Å²) in [6, 6.07) is 0. The van der Waals surface area contributed by atoms with Crippen molar-refractivity contribution in [1.82, 2.24) is 0 Å². The molecule has 0 aromatic heterocycles. The Bertz CT molecular complexity index is 141. The standard InChI is InChI=1S/C7H12O4/c1-9-7(10-2)4-3-6(5-8)11-7/h5-6H,3-4H2,1-2H3. The predicted octanol–water partition coefficient (Wildman–Crippen LogP) is 0.311. The molecule has 1 aliphatic heterocycles. The molecule has 0 amide bonds. The van der Waals surface area contributed by atoms with Crippen LogP contribution in [0.1, 0.15) is 12.8 Å². The first kappa shape index (κ1) is 8.64. The lowest BCUT2D eigenvalue weighted by Crippen LogP contribution is -2.33. The highest BCUT2D eigenvalue weighted by Gasteiger charge is 2.40. The summed E-state index contributed by atoms with van der Waals surface area (Å²) in [5.74, 6) is -0.981. The lowest BCUT2D eigenvalue weighted by molar-refractivity contribution is -0.347. The Balaban J connectivity index is 2.54. The van der Waals surface area contributed by atoms with Crippen molar-refractivity contribution in [2.45, 2.75) is 24.9 Å². The summed E-state index contributed by atoms with van der Waals surface area (Å²) in [5.41, 5.74) is 0. The zero-order chi connectivity index (χ0) is 8.32. The van der Waals surface area contributed by atoms with Crippen molar-refractivity contribution >= 4 is 6.29 Å². The zero-order valence-corrected chi connectivity index (χ0v) is 6.70. The first-order chi connectivity index (χ1) is 5.26. The molecule has 4 nitrogen and oxygen atoms in total. The van der Waals surface area contributed by atoms with Crippen LogP contribution in [0.3, 0.4) is 0 Å². The van der Waals surface area contributed by atoms with Crippen molar-refractivity contribution in [3.63, 3.8) is 0 Å². The second-order valence-electron chi connectivity index (χ2n) is 2.42. The third-order valence-corrected chi connectivity index (χ3v) is 1.84. The monoisotopic (exact) mass is 160 g/mol. The maximum atomic E-state index is 10.3. The van der Waals surface area contributed by atoms with Gasteiger partial charge in [0.15, 0.2) is 0 Å². The van der Waals surface area contributed by atoms with Gasteiger partial charge in [-0.05, 0) is 6.42 Å². The number of carbonyl (C=O) groups excluding carboxylic acids is 1. The van der Waals surface area contributed by atoms with Crippen molar-refractivity contribution in [2.24, 2.45) is 0 Å². The maximum absolute atomic E-state index is 10.3. The van der Waals surface area contributed by atoms with Gasteiger partial charge in [0.1, 0.15) is 12.4 Å². The van der Waals surface area contributed by atoms with Crippen LogP contribution < -0.4 is 0 Å². The molecule has 0 bridgehead atoms. The van der Waals surface area contributed by atoms with Crippen molar-refractivity contribution in [3.8, 4) is 0 Å². The molecule has 11 heavy (non-hydrogen) atoms. The van der Waals surface area contributed by atoms with E-state index < -0.39 is 5.97 Å². The first-order valence-corrected chi connectivity index (χ1v) is 3.50. The number of methoxy groups -OCH3 is 2. The molecule has 1 heterocycles. The molecular weight excluding hydrogens is 148 g/mol. The molecule has 1 aliphatic rings. The Labute approximate surface area is 65.4 Å². The first-order valence-electron chi connectivity index (χ1n) is 3.50. The van der Waals surface area contributed by atoms with Crippen LogP contribution >= 0.6 is 0 Å². The van der Waals surface area contributed by atoms with Gasteiger partial charge in [0.2, 0.25) is 0 Å². The van der Waals surface area contributed by atoms with Gasteiger partial charge in [-0.2, -0.15) is 0 Å². The van der Waals surface area contributed by atoms with E-state index in [9.17, 15) is 4.79 Å². The fourth-order valence-electron chi connectivity index (χ4n) is 1.15. The third kappa shape index (κ3) is 1.58. The molecule has 0 spiro atoms. The molecular formula is C7H12O4. The summed E-state index contributed by atoms with van der Waals surface area (Å²) >= 11 is 0. The van der Waals surface area contributed by atoms with Gasteiger partial charge in [-0.1, -0.05) is 0 Å². The summed E-state index contributed by atoms with van der Waals surface area (Å²) in [5, 5.41) is 0. The summed E-state index contributed by atoms with van der Waals surface area (Å²) in [4.78, 5) is 10.3. The van der Waals surface area contributed by atoms with E-state index in [0.717, 1.165) is 6.29 Å². The molecule has 1 atom stereocenters. The van der Waals surface area contributed by atoms with Crippen LogP contribution in [0.25, 0.3) is 0 Å². The Morgan fingerprint density at radius 2 is 2.18 bits per heavy atom. The quantitative estimate of drug-likeness (QED) is 0.440. The normalized spacial score (nSPS) is 28.7. The maximum Gasteiger partial charge on any atom is 0.283 e. The minimum atomic E-state index is -0.981. The molecule has 1 rings (SSSR count). The lowest BCUT2D eigenvalue weighted by Gasteiger charge is -2.24. The molecule has 1 fully saturated rings. The van der Waals surface area contributed by atoms with E-state index in [0.29, 0.717) is 12.8 Å². The SMILES string of the molecule is COC1(OC)CCC(C=O)O1. The summed E-state index contributed by atoms with van der Waals surface area (Å²) < 4.78 is 15.1. The van der Waals surface area contributed by atoms with E-state index in [1.54, 1.807) is 0 Å². The highest BCUT2D eigenvalue weighted by Crippen LogP contribution is 2.30. The van der Waals surface area contributed by atoms with Crippen molar-refractivity contribution in [3.05, 3.63) is 0 Å². The van der Waals surface area contributed by atoms with Crippen LogP contribution in [0.15, 0.2) is 0 Å². The smallest absolute Gasteiger partial charge is 0.283 e. The minimum absolute atomic E-state index is 0.380. The van der Waals surface area contributed by atoms with E-state index in [-0.39, 0.29) is 6.10 Å². The predicted molar refractivity (Wildman–Crippen MR) is 36.9 cm³/mol. The molecule has 0 aromatic carbocycles. The average Bonchev–Trinajstić information content (AvgIpc) is 2.49. The Kier molecular flexibility index (Phi) is 2.59. The fourth-order valence-corrected chi connectivity index (χ4v) is 1.15. The van der Waals surface area contributed by atoms with Crippen LogP contribution in [0.4, 0.5) is 0 Å². The second kappa shape index (κ2) is 3.30. The molecule has 0 N–H and O–H groups in total. The Morgan fingerprint density at radius 1 is 1.55 bits per heavy atom. The molecule has 0 saturated carbocycles.